The van der Waals surface area contributed by atoms with Crippen LogP contribution in [0, 0.1) is 0 Å². The van der Waals surface area contributed by atoms with E-state index in [2.05, 4.69) is 5.32 Å². The van der Waals surface area contributed by atoms with Crippen molar-refractivity contribution in [2.45, 2.75) is 32.4 Å². The van der Waals surface area contributed by atoms with Crippen molar-refractivity contribution in [2.24, 2.45) is 0 Å². The zero-order valence-corrected chi connectivity index (χ0v) is 23.9. The average molecular weight is 577 g/mol. The van der Waals surface area contributed by atoms with Gasteiger partial charge in [0, 0.05) is 30.1 Å². The smallest absolute Gasteiger partial charge is 0.244 e. The summed E-state index contributed by atoms with van der Waals surface area (Å²) in [4.78, 5) is 28.4. The molecule has 0 heterocycles. The third-order valence-electron chi connectivity index (χ3n) is 6.19. The van der Waals surface area contributed by atoms with Gasteiger partial charge in [0.2, 0.25) is 21.8 Å². The Kier molecular flexibility index (Phi) is 10.2. The molecule has 1 atom stereocenters. The second-order valence-corrected chi connectivity index (χ2v) is 11.6. The molecule has 3 rings (SSSR count). The molecule has 0 radical (unpaired) electrons. The van der Waals surface area contributed by atoms with Gasteiger partial charge in [-0.15, -0.1) is 0 Å². The Hall–Kier alpha value is -3.07. The van der Waals surface area contributed by atoms with Crippen LogP contribution in [0.3, 0.4) is 0 Å². The van der Waals surface area contributed by atoms with Crippen molar-refractivity contribution in [2.75, 3.05) is 24.2 Å². The fraction of sp³-hybridized carbons (Fsp3) is 0.286. The molecule has 38 heavy (non-hydrogen) atoms. The molecular formula is C28H31Cl2N3O4S. The normalized spacial score (nSPS) is 12.0. The number of carbonyl (C=O) groups excluding carboxylic acids is 2. The highest BCUT2D eigenvalue weighted by Gasteiger charge is 2.33. The maximum absolute atomic E-state index is 13.9. The molecule has 0 saturated carbocycles. The predicted octanol–water partition coefficient (Wildman–Crippen LogP) is 4.71. The summed E-state index contributed by atoms with van der Waals surface area (Å²) < 4.78 is 26.6. The third kappa shape index (κ3) is 7.72. The first kappa shape index (κ1) is 29.5. The van der Waals surface area contributed by atoms with E-state index in [1.54, 1.807) is 30.3 Å². The van der Waals surface area contributed by atoms with Gasteiger partial charge in [0.1, 0.15) is 12.6 Å². The minimum absolute atomic E-state index is 0.0217. The zero-order valence-electron chi connectivity index (χ0n) is 21.5. The summed E-state index contributed by atoms with van der Waals surface area (Å²) in [5.41, 5.74) is 2.82. The van der Waals surface area contributed by atoms with E-state index in [0.29, 0.717) is 21.3 Å². The molecule has 0 saturated heterocycles. The van der Waals surface area contributed by atoms with Crippen LogP contribution in [0.25, 0.3) is 0 Å². The third-order valence-corrected chi connectivity index (χ3v) is 7.91. The highest BCUT2D eigenvalue weighted by Crippen LogP contribution is 2.25. The number of benzene rings is 3. The molecule has 1 unspecified atom stereocenters. The van der Waals surface area contributed by atoms with Gasteiger partial charge in [0.15, 0.2) is 0 Å². The van der Waals surface area contributed by atoms with E-state index >= 15 is 0 Å². The fourth-order valence-electron chi connectivity index (χ4n) is 4.07. The number of anilines is 1. The lowest BCUT2D eigenvalue weighted by Crippen LogP contribution is -2.52. The summed E-state index contributed by atoms with van der Waals surface area (Å²) in [6, 6.07) is 20.3. The second kappa shape index (κ2) is 13.1. The number of halogens is 2. The lowest BCUT2D eigenvalue weighted by Gasteiger charge is -2.33. The van der Waals surface area contributed by atoms with Crippen molar-refractivity contribution in [3.63, 3.8) is 0 Å². The van der Waals surface area contributed by atoms with Gasteiger partial charge in [-0.3, -0.25) is 13.9 Å². The molecule has 10 heteroatoms. The number of hydrogen-bond acceptors (Lipinski definition) is 4. The van der Waals surface area contributed by atoms with Gasteiger partial charge in [-0.05, 0) is 47.4 Å². The standard InChI is InChI=1S/C28H31Cl2N3O4S/c1-4-20-10-14-24(15-11-20)33(38(3,36)37)19-27(34)32(18-22-12-13-23(29)17-25(22)30)26(28(35)31-2)16-21-8-6-5-7-9-21/h5-15,17,26H,4,16,18-19H2,1-3H3,(H,31,35). The highest BCUT2D eigenvalue weighted by atomic mass is 35.5. The Bertz CT molecular complexity index is 1370. The zero-order chi connectivity index (χ0) is 27.9. The Balaban J connectivity index is 2.04. The highest BCUT2D eigenvalue weighted by molar-refractivity contribution is 7.92. The monoisotopic (exact) mass is 575 g/mol. The fourth-order valence-corrected chi connectivity index (χ4v) is 5.38. The van der Waals surface area contributed by atoms with Crippen molar-refractivity contribution in [3.8, 4) is 0 Å². The summed E-state index contributed by atoms with van der Waals surface area (Å²) in [6.07, 6.45) is 2.07. The molecule has 0 aromatic heterocycles. The van der Waals surface area contributed by atoms with Crippen molar-refractivity contribution in [3.05, 3.63) is 99.5 Å². The number of carbonyl (C=O) groups is 2. The quantitative estimate of drug-likeness (QED) is 0.359. The molecule has 0 fully saturated rings. The molecule has 0 aliphatic heterocycles. The van der Waals surface area contributed by atoms with Crippen LogP contribution in [-0.4, -0.2) is 51.0 Å². The van der Waals surface area contributed by atoms with E-state index in [1.807, 2.05) is 49.4 Å². The first-order chi connectivity index (χ1) is 18.0. The molecule has 0 aliphatic rings. The lowest BCUT2D eigenvalue weighted by atomic mass is 10.0. The second-order valence-electron chi connectivity index (χ2n) is 8.87. The van der Waals surface area contributed by atoms with Crippen LogP contribution in [0.4, 0.5) is 5.69 Å². The van der Waals surface area contributed by atoms with Crippen molar-refractivity contribution < 1.29 is 18.0 Å². The van der Waals surface area contributed by atoms with Gasteiger partial charge in [-0.2, -0.15) is 0 Å². The number of aryl methyl sites for hydroxylation is 1. The van der Waals surface area contributed by atoms with Crippen LogP contribution in [0.2, 0.25) is 10.0 Å². The minimum Gasteiger partial charge on any atom is -0.357 e. The summed E-state index contributed by atoms with van der Waals surface area (Å²) in [5, 5.41) is 3.41. The van der Waals surface area contributed by atoms with Gasteiger partial charge in [-0.1, -0.05) is 78.7 Å². The van der Waals surface area contributed by atoms with Gasteiger partial charge in [0.05, 0.1) is 11.9 Å². The summed E-state index contributed by atoms with van der Waals surface area (Å²) in [5.74, 6) is -0.934. The number of hydrogen-bond donors (Lipinski definition) is 1. The van der Waals surface area contributed by atoms with Crippen LogP contribution >= 0.6 is 23.2 Å². The van der Waals surface area contributed by atoms with E-state index in [9.17, 15) is 18.0 Å². The first-order valence-corrected chi connectivity index (χ1v) is 14.7. The Morgan fingerprint density at radius 2 is 1.61 bits per heavy atom. The number of likely N-dealkylation sites (N-methyl/N-ethyl adjacent to an activating group) is 1. The van der Waals surface area contributed by atoms with Crippen LogP contribution in [0.15, 0.2) is 72.8 Å². The lowest BCUT2D eigenvalue weighted by molar-refractivity contribution is -0.139. The van der Waals surface area contributed by atoms with E-state index in [0.717, 1.165) is 28.1 Å². The minimum atomic E-state index is -3.82. The SMILES string of the molecule is CCc1ccc(N(CC(=O)N(Cc2ccc(Cl)cc2Cl)C(Cc2ccccc2)C(=O)NC)S(C)(=O)=O)cc1. The largest absolute Gasteiger partial charge is 0.357 e. The van der Waals surface area contributed by atoms with Crippen LogP contribution in [0.5, 0.6) is 0 Å². The Labute approximate surface area is 234 Å². The van der Waals surface area contributed by atoms with Gasteiger partial charge >= 0.3 is 0 Å². The maximum atomic E-state index is 13.9. The molecule has 202 valence electrons. The van der Waals surface area contributed by atoms with E-state index < -0.39 is 28.5 Å². The topological polar surface area (TPSA) is 86.8 Å². The van der Waals surface area contributed by atoms with E-state index in [-0.39, 0.29) is 18.9 Å². The first-order valence-electron chi connectivity index (χ1n) is 12.1. The number of rotatable bonds is 11. The number of amides is 2. The Morgan fingerprint density at radius 3 is 2.16 bits per heavy atom. The average Bonchev–Trinajstić information content (AvgIpc) is 2.89. The van der Waals surface area contributed by atoms with Gasteiger partial charge in [0.25, 0.3) is 0 Å². The molecule has 0 aliphatic carbocycles. The number of nitrogens with one attached hydrogen (secondary N) is 1. The summed E-state index contributed by atoms with van der Waals surface area (Å²) in [7, 11) is -2.33. The maximum Gasteiger partial charge on any atom is 0.244 e. The number of nitrogens with zero attached hydrogens (tertiary/aromatic N) is 2. The number of sulfonamides is 1. The summed E-state index contributed by atoms with van der Waals surface area (Å²) in [6.45, 7) is 1.49. The van der Waals surface area contributed by atoms with Crippen LogP contribution < -0.4 is 9.62 Å². The van der Waals surface area contributed by atoms with Crippen molar-refractivity contribution >= 4 is 50.7 Å². The van der Waals surface area contributed by atoms with Gasteiger partial charge < -0.3 is 10.2 Å². The molecule has 0 bridgehead atoms. The van der Waals surface area contributed by atoms with Crippen molar-refractivity contribution in [1.82, 2.24) is 10.2 Å². The van der Waals surface area contributed by atoms with E-state index in [1.165, 1.54) is 11.9 Å². The van der Waals surface area contributed by atoms with Gasteiger partial charge in [-0.25, -0.2) is 8.42 Å². The van der Waals surface area contributed by atoms with Crippen LogP contribution in [-0.2, 0) is 39.0 Å². The molecule has 7 nitrogen and oxygen atoms in total. The molecular weight excluding hydrogens is 545 g/mol. The molecule has 2 amide bonds. The molecule has 3 aromatic rings. The molecule has 1 N–H and O–H groups in total. The van der Waals surface area contributed by atoms with Crippen LogP contribution in [0.1, 0.15) is 23.6 Å². The molecule has 0 spiro atoms. The Morgan fingerprint density at radius 1 is 0.947 bits per heavy atom. The molecule has 3 aromatic carbocycles. The summed E-state index contributed by atoms with van der Waals surface area (Å²) >= 11 is 12.5. The van der Waals surface area contributed by atoms with E-state index in [4.69, 9.17) is 23.2 Å². The predicted molar refractivity (Wildman–Crippen MR) is 153 cm³/mol. The van der Waals surface area contributed by atoms with Crippen molar-refractivity contribution in [1.29, 1.82) is 0 Å².